The van der Waals surface area contributed by atoms with Crippen molar-refractivity contribution in [3.05, 3.63) is 0 Å². The molecule has 29 heavy (non-hydrogen) atoms. The standard InChI is InChI=1S/C23H35NO5/c1-20-6-3-4-16(20)15-12-19(24-25)18-13-22(26-8-9-27-22)23(28-10-11-29-23)14-21(18,2)17(15)5-7-20/h15-18,25H,3-14H2,1-2H3/b24-19+/t15-,16-,17-,18?,20-,21+/m0/s1. The monoisotopic (exact) mass is 405 g/mol. The molecule has 1 unspecified atom stereocenters. The zero-order valence-electron chi connectivity index (χ0n) is 17.8. The van der Waals surface area contributed by atoms with Gasteiger partial charge < -0.3 is 24.2 Å². The van der Waals surface area contributed by atoms with E-state index in [1.807, 2.05) is 0 Å². The molecule has 6 aliphatic rings. The van der Waals surface area contributed by atoms with Crippen LogP contribution in [-0.4, -0.2) is 48.9 Å². The molecule has 2 aliphatic heterocycles. The first-order valence-electron chi connectivity index (χ1n) is 11.7. The zero-order valence-corrected chi connectivity index (χ0v) is 17.8. The summed E-state index contributed by atoms with van der Waals surface area (Å²) in [5.41, 5.74) is 1.40. The van der Waals surface area contributed by atoms with E-state index < -0.39 is 11.6 Å². The minimum absolute atomic E-state index is 0.0285. The van der Waals surface area contributed by atoms with E-state index in [-0.39, 0.29) is 11.3 Å². The molecular formula is C23H35NO5. The van der Waals surface area contributed by atoms with Crippen molar-refractivity contribution < 1.29 is 24.2 Å². The third kappa shape index (κ3) is 2.35. The average Bonchev–Trinajstić information content (AvgIpc) is 3.43. The molecule has 1 N–H and O–H groups in total. The molecule has 0 bridgehead atoms. The summed E-state index contributed by atoms with van der Waals surface area (Å²) < 4.78 is 25.1. The number of rotatable bonds is 0. The maximum Gasteiger partial charge on any atom is 0.224 e. The number of hydrogen-bond acceptors (Lipinski definition) is 6. The molecule has 6 atom stereocenters. The highest BCUT2D eigenvalue weighted by Gasteiger charge is 2.72. The predicted octanol–water partition coefficient (Wildman–Crippen LogP) is 3.96. The van der Waals surface area contributed by atoms with E-state index >= 15 is 0 Å². The lowest BCUT2D eigenvalue weighted by molar-refractivity contribution is -0.383. The third-order valence-electron chi connectivity index (χ3n) is 10.0. The van der Waals surface area contributed by atoms with Crippen molar-refractivity contribution >= 4 is 5.71 Å². The van der Waals surface area contributed by atoms with Gasteiger partial charge >= 0.3 is 0 Å². The minimum Gasteiger partial charge on any atom is -0.411 e. The van der Waals surface area contributed by atoms with Crippen LogP contribution in [0, 0.1) is 34.5 Å². The van der Waals surface area contributed by atoms with Crippen LogP contribution in [0.15, 0.2) is 5.16 Å². The van der Waals surface area contributed by atoms with Gasteiger partial charge in [-0.3, -0.25) is 0 Å². The average molecular weight is 406 g/mol. The summed E-state index contributed by atoms with van der Waals surface area (Å²) in [7, 11) is 0. The van der Waals surface area contributed by atoms with Gasteiger partial charge in [0.25, 0.3) is 0 Å². The molecule has 4 aliphatic carbocycles. The lowest BCUT2D eigenvalue weighted by Crippen LogP contribution is -2.68. The highest BCUT2D eigenvalue weighted by Crippen LogP contribution is 2.68. The van der Waals surface area contributed by atoms with Crippen LogP contribution < -0.4 is 0 Å². The van der Waals surface area contributed by atoms with Crippen LogP contribution in [0.1, 0.15) is 65.2 Å². The number of hydrogen-bond donors (Lipinski definition) is 1. The van der Waals surface area contributed by atoms with Gasteiger partial charge in [-0.05, 0) is 60.7 Å². The molecule has 162 valence electrons. The fourth-order valence-electron chi connectivity index (χ4n) is 8.75. The molecule has 2 heterocycles. The Labute approximate surface area is 173 Å². The number of oxime groups is 1. The molecular weight excluding hydrogens is 370 g/mol. The van der Waals surface area contributed by atoms with Crippen LogP contribution in [0.5, 0.6) is 0 Å². The number of nitrogens with zero attached hydrogens (tertiary/aromatic N) is 1. The van der Waals surface area contributed by atoms with Gasteiger partial charge in [0, 0.05) is 18.8 Å². The summed E-state index contributed by atoms with van der Waals surface area (Å²) in [4.78, 5) is 0. The number of ether oxygens (including phenoxy) is 4. The molecule has 0 aromatic carbocycles. The molecule has 2 spiro atoms. The number of fused-ring (bicyclic) bond motifs is 6. The molecule has 4 saturated carbocycles. The van der Waals surface area contributed by atoms with Gasteiger partial charge in [-0.25, -0.2) is 0 Å². The molecule has 0 radical (unpaired) electrons. The van der Waals surface area contributed by atoms with Gasteiger partial charge in [0.2, 0.25) is 11.6 Å². The van der Waals surface area contributed by atoms with Crippen molar-refractivity contribution in [2.75, 3.05) is 26.4 Å². The first-order valence-corrected chi connectivity index (χ1v) is 11.7. The van der Waals surface area contributed by atoms with Crippen LogP contribution in [0.25, 0.3) is 0 Å². The lowest BCUT2D eigenvalue weighted by Gasteiger charge is -2.64. The first-order chi connectivity index (χ1) is 14.0. The van der Waals surface area contributed by atoms with E-state index in [9.17, 15) is 5.21 Å². The molecule has 6 heteroatoms. The van der Waals surface area contributed by atoms with E-state index in [0.29, 0.717) is 50.1 Å². The zero-order chi connectivity index (χ0) is 19.9. The highest BCUT2D eigenvalue weighted by molar-refractivity contribution is 5.88. The van der Waals surface area contributed by atoms with Crippen molar-refractivity contribution in [3.63, 3.8) is 0 Å². The van der Waals surface area contributed by atoms with Gasteiger partial charge in [-0.15, -0.1) is 0 Å². The minimum atomic E-state index is -0.868. The van der Waals surface area contributed by atoms with Gasteiger partial charge in [-0.1, -0.05) is 25.4 Å². The van der Waals surface area contributed by atoms with Gasteiger partial charge in [-0.2, -0.15) is 0 Å². The van der Waals surface area contributed by atoms with Crippen LogP contribution in [0.3, 0.4) is 0 Å². The first kappa shape index (κ1) is 19.0. The molecule has 0 aromatic rings. The van der Waals surface area contributed by atoms with E-state index in [2.05, 4.69) is 19.0 Å². The lowest BCUT2D eigenvalue weighted by atomic mass is 9.44. The molecule has 6 nitrogen and oxygen atoms in total. The Bertz CT molecular complexity index is 712. The SMILES string of the molecule is C[C@@]12CCC[C@H]1[C@@H]1C/C(=N\O)C3CC4(OCCO4)C4(C[C@]3(C)[C@H]1CC2)OCCO4. The Kier molecular flexibility index (Phi) is 4.06. The van der Waals surface area contributed by atoms with E-state index in [1.165, 1.54) is 32.1 Å². The Balaban J connectivity index is 1.43. The van der Waals surface area contributed by atoms with Crippen molar-refractivity contribution in [3.8, 4) is 0 Å². The third-order valence-corrected chi connectivity index (χ3v) is 10.0. The Morgan fingerprint density at radius 1 is 0.897 bits per heavy atom. The largest absolute Gasteiger partial charge is 0.411 e. The van der Waals surface area contributed by atoms with Crippen molar-refractivity contribution in [1.82, 2.24) is 0 Å². The van der Waals surface area contributed by atoms with Crippen LogP contribution >= 0.6 is 0 Å². The molecule has 0 aromatic heterocycles. The Hall–Kier alpha value is -0.690. The van der Waals surface area contributed by atoms with E-state index in [0.717, 1.165) is 24.5 Å². The molecule has 6 fully saturated rings. The van der Waals surface area contributed by atoms with Crippen molar-refractivity contribution in [2.24, 2.45) is 39.7 Å². The van der Waals surface area contributed by atoms with E-state index in [1.54, 1.807) is 0 Å². The van der Waals surface area contributed by atoms with Crippen LogP contribution in [0.4, 0.5) is 0 Å². The summed E-state index contributed by atoms with van der Waals surface area (Å²) in [5, 5.41) is 14.0. The second-order valence-corrected chi connectivity index (χ2v) is 11.1. The maximum absolute atomic E-state index is 10.1. The molecule has 0 amide bonds. The molecule has 2 saturated heterocycles. The van der Waals surface area contributed by atoms with Crippen molar-refractivity contribution in [2.45, 2.75) is 76.8 Å². The smallest absolute Gasteiger partial charge is 0.224 e. The highest BCUT2D eigenvalue weighted by atomic mass is 16.8. The molecule has 6 rings (SSSR count). The fourth-order valence-corrected chi connectivity index (χ4v) is 8.75. The van der Waals surface area contributed by atoms with Crippen molar-refractivity contribution in [1.29, 1.82) is 0 Å². The quantitative estimate of drug-likeness (QED) is 0.488. The van der Waals surface area contributed by atoms with Crippen LogP contribution in [-0.2, 0) is 18.9 Å². The predicted molar refractivity (Wildman–Crippen MR) is 106 cm³/mol. The second kappa shape index (κ2) is 6.18. The van der Waals surface area contributed by atoms with Crippen LogP contribution in [0.2, 0.25) is 0 Å². The summed E-state index contributed by atoms with van der Waals surface area (Å²) >= 11 is 0. The topological polar surface area (TPSA) is 69.5 Å². The summed E-state index contributed by atoms with van der Waals surface area (Å²) in [6.07, 6.45) is 8.94. The Morgan fingerprint density at radius 3 is 2.28 bits per heavy atom. The van der Waals surface area contributed by atoms with Gasteiger partial charge in [0.1, 0.15) is 0 Å². The van der Waals surface area contributed by atoms with E-state index in [4.69, 9.17) is 18.9 Å². The Morgan fingerprint density at radius 2 is 1.59 bits per heavy atom. The summed E-state index contributed by atoms with van der Waals surface area (Å²) in [6, 6.07) is 0. The second-order valence-electron chi connectivity index (χ2n) is 11.1. The van der Waals surface area contributed by atoms with Gasteiger partial charge in [0.05, 0.1) is 32.1 Å². The maximum atomic E-state index is 10.1. The summed E-state index contributed by atoms with van der Waals surface area (Å²) in [5.74, 6) is 0.405. The normalized spacial score (nSPS) is 51.3. The summed E-state index contributed by atoms with van der Waals surface area (Å²) in [6.45, 7) is 7.22. The van der Waals surface area contributed by atoms with Gasteiger partial charge in [0.15, 0.2) is 0 Å². The fraction of sp³-hybridized carbons (Fsp3) is 0.957.